The molecule has 2 heterocycles. The maximum atomic E-state index is 12.3. The number of piperidine rings is 1. The molecule has 5 nitrogen and oxygen atoms in total. The van der Waals surface area contributed by atoms with E-state index in [-0.39, 0.29) is 11.9 Å². The molecule has 0 aromatic carbocycles. The van der Waals surface area contributed by atoms with Crippen molar-refractivity contribution >= 4 is 5.91 Å². The first-order valence-electron chi connectivity index (χ1n) is 6.58. The van der Waals surface area contributed by atoms with Crippen molar-refractivity contribution in [2.45, 2.75) is 24.9 Å². The molecule has 5 heteroatoms. The molecule has 0 aromatic rings. The van der Waals surface area contributed by atoms with Gasteiger partial charge in [0.05, 0.1) is 6.04 Å². The maximum Gasteiger partial charge on any atom is 0.241 e. The van der Waals surface area contributed by atoms with E-state index in [1.165, 1.54) is 6.42 Å². The van der Waals surface area contributed by atoms with E-state index in [0.29, 0.717) is 6.04 Å². The Kier molecular flexibility index (Phi) is 4.36. The zero-order valence-electron chi connectivity index (χ0n) is 10.9. The lowest BCUT2D eigenvalue weighted by Gasteiger charge is -2.38. The van der Waals surface area contributed by atoms with Gasteiger partial charge in [-0.05, 0) is 26.4 Å². The summed E-state index contributed by atoms with van der Waals surface area (Å²) >= 11 is 0. The van der Waals surface area contributed by atoms with E-state index in [4.69, 9.17) is 0 Å². The molecule has 2 aliphatic rings. The SMILES string of the molecule is CN1CCCC(N(C)C(=O)C2CNCCN2)C1. The molecule has 0 bridgehead atoms. The lowest BCUT2D eigenvalue weighted by atomic mass is 10.0. The first-order chi connectivity index (χ1) is 8.18. The van der Waals surface area contributed by atoms with Crippen LogP contribution in [-0.4, -0.2) is 74.6 Å². The zero-order valence-corrected chi connectivity index (χ0v) is 10.9. The number of carbonyl (C=O) groups is 1. The molecule has 2 unspecified atom stereocenters. The number of piperazine rings is 1. The summed E-state index contributed by atoms with van der Waals surface area (Å²) < 4.78 is 0. The van der Waals surface area contributed by atoms with Crippen LogP contribution in [0.15, 0.2) is 0 Å². The molecule has 2 atom stereocenters. The molecule has 0 radical (unpaired) electrons. The zero-order chi connectivity index (χ0) is 12.3. The average molecular weight is 240 g/mol. The van der Waals surface area contributed by atoms with Gasteiger partial charge in [0.1, 0.15) is 0 Å². The molecule has 98 valence electrons. The van der Waals surface area contributed by atoms with Crippen LogP contribution in [0.4, 0.5) is 0 Å². The van der Waals surface area contributed by atoms with Crippen LogP contribution < -0.4 is 10.6 Å². The van der Waals surface area contributed by atoms with Gasteiger partial charge in [-0.1, -0.05) is 0 Å². The standard InChI is InChI=1S/C12H24N4O/c1-15-7-3-4-10(9-15)16(2)12(17)11-8-13-5-6-14-11/h10-11,13-14H,3-9H2,1-2H3. The Bertz CT molecular complexity index is 265. The second-order valence-electron chi connectivity index (χ2n) is 5.22. The number of likely N-dealkylation sites (N-methyl/N-ethyl adjacent to an activating group) is 2. The fourth-order valence-electron chi connectivity index (χ4n) is 2.71. The van der Waals surface area contributed by atoms with Crippen LogP contribution >= 0.6 is 0 Å². The van der Waals surface area contributed by atoms with Crippen LogP contribution in [0.25, 0.3) is 0 Å². The quantitative estimate of drug-likeness (QED) is 0.657. The molecule has 2 fully saturated rings. The lowest BCUT2D eigenvalue weighted by Crippen LogP contribution is -2.59. The third kappa shape index (κ3) is 3.18. The summed E-state index contributed by atoms with van der Waals surface area (Å²) in [6.45, 7) is 4.75. The predicted octanol–water partition coefficient (Wildman–Crippen LogP) is -0.900. The summed E-state index contributed by atoms with van der Waals surface area (Å²) in [6.07, 6.45) is 2.32. The minimum absolute atomic E-state index is 0.0408. The predicted molar refractivity (Wildman–Crippen MR) is 67.9 cm³/mol. The summed E-state index contributed by atoms with van der Waals surface area (Å²) in [7, 11) is 4.08. The van der Waals surface area contributed by atoms with Gasteiger partial charge in [0, 0.05) is 39.3 Å². The summed E-state index contributed by atoms with van der Waals surface area (Å²) in [5, 5.41) is 6.54. The number of rotatable bonds is 2. The minimum Gasteiger partial charge on any atom is -0.340 e. The molecule has 0 aliphatic carbocycles. The Hall–Kier alpha value is -0.650. The number of carbonyl (C=O) groups excluding carboxylic acids is 1. The van der Waals surface area contributed by atoms with Crippen LogP contribution in [-0.2, 0) is 4.79 Å². The van der Waals surface area contributed by atoms with Gasteiger partial charge < -0.3 is 20.4 Å². The van der Waals surface area contributed by atoms with E-state index in [1.54, 1.807) is 0 Å². The van der Waals surface area contributed by atoms with Crippen molar-refractivity contribution in [3.05, 3.63) is 0 Å². The van der Waals surface area contributed by atoms with E-state index in [9.17, 15) is 4.79 Å². The largest absolute Gasteiger partial charge is 0.340 e. The Balaban J connectivity index is 1.89. The van der Waals surface area contributed by atoms with Crippen molar-refractivity contribution in [2.75, 3.05) is 46.8 Å². The Labute approximate surface area is 104 Å². The Morgan fingerprint density at radius 1 is 1.41 bits per heavy atom. The van der Waals surface area contributed by atoms with E-state index >= 15 is 0 Å². The molecular formula is C12H24N4O. The van der Waals surface area contributed by atoms with Crippen LogP contribution in [0.5, 0.6) is 0 Å². The number of amides is 1. The van der Waals surface area contributed by atoms with Gasteiger partial charge in [0.25, 0.3) is 0 Å². The van der Waals surface area contributed by atoms with Crippen molar-refractivity contribution in [3.63, 3.8) is 0 Å². The summed E-state index contributed by atoms with van der Waals surface area (Å²) in [5.41, 5.74) is 0. The third-order valence-electron chi connectivity index (χ3n) is 3.83. The van der Waals surface area contributed by atoms with Crippen LogP contribution in [0.3, 0.4) is 0 Å². The number of nitrogens with one attached hydrogen (secondary N) is 2. The topological polar surface area (TPSA) is 47.6 Å². The van der Waals surface area contributed by atoms with Gasteiger partial charge >= 0.3 is 0 Å². The highest BCUT2D eigenvalue weighted by Crippen LogP contribution is 2.14. The van der Waals surface area contributed by atoms with Crippen molar-refractivity contribution in [3.8, 4) is 0 Å². The van der Waals surface area contributed by atoms with Gasteiger partial charge in [-0.2, -0.15) is 0 Å². The fourth-order valence-corrected chi connectivity index (χ4v) is 2.71. The summed E-state index contributed by atoms with van der Waals surface area (Å²) in [4.78, 5) is 16.6. The Morgan fingerprint density at radius 2 is 2.24 bits per heavy atom. The van der Waals surface area contributed by atoms with Crippen molar-refractivity contribution in [1.82, 2.24) is 20.4 Å². The minimum atomic E-state index is -0.0408. The molecule has 0 aromatic heterocycles. The van der Waals surface area contributed by atoms with E-state index in [2.05, 4.69) is 22.6 Å². The number of hydrogen-bond acceptors (Lipinski definition) is 4. The summed E-state index contributed by atoms with van der Waals surface area (Å²) in [6, 6.07) is 0.339. The monoisotopic (exact) mass is 240 g/mol. The number of likely N-dealkylation sites (tertiary alicyclic amines) is 1. The van der Waals surface area contributed by atoms with Crippen molar-refractivity contribution < 1.29 is 4.79 Å². The van der Waals surface area contributed by atoms with Crippen LogP contribution in [0.1, 0.15) is 12.8 Å². The summed E-state index contributed by atoms with van der Waals surface area (Å²) in [5.74, 6) is 0.234. The smallest absolute Gasteiger partial charge is 0.241 e. The molecule has 2 saturated heterocycles. The normalized spacial score (nSPS) is 31.2. The third-order valence-corrected chi connectivity index (χ3v) is 3.83. The molecule has 0 spiro atoms. The Morgan fingerprint density at radius 3 is 2.88 bits per heavy atom. The number of nitrogens with zero attached hydrogens (tertiary/aromatic N) is 2. The molecule has 17 heavy (non-hydrogen) atoms. The first-order valence-corrected chi connectivity index (χ1v) is 6.58. The highest BCUT2D eigenvalue weighted by molar-refractivity contribution is 5.82. The van der Waals surface area contributed by atoms with Crippen LogP contribution in [0.2, 0.25) is 0 Å². The lowest BCUT2D eigenvalue weighted by molar-refractivity contribution is -0.135. The molecule has 2 rings (SSSR count). The average Bonchev–Trinajstić information content (AvgIpc) is 2.38. The maximum absolute atomic E-state index is 12.3. The second kappa shape index (κ2) is 5.80. The fraction of sp³-hybridized carbons (Fsp3) is 0.917. The molecule has 0 saturated carbocycles. The highest BCUT2D eigenvalue weighted by Gasteiger charge is 2.29. The van der Waals surface area contributed by atoms with E-state index in [0.717, 1.165) is 39.1 Å². The molecule has 1 amide bonds. The molecular weight excluding hydrogens is 216 g/mol. The molecule has 2 aliphatic heterocycles. The van der Waals surface area contributed by atoms with Gasteiger partial charge in [-0.25, -0.2) is 0 Å². The van der Waals surface area contributed by atoms with Crippen LogP contribution in [0, 0.1) is 0 Å². The van der Waals surface area contributed by atoms with Crippen molar-refractivity contribution in [1.29, 1.82) is 0 Å². The molecule has 2 N–H and O–H groups in total. The highest BCUT2D eigenvalue weighted by atomic mass is 16.2. The van der Waals surface area contributed by atoms with E-state index in [1.807, 2.05) is 11.9 Å². The van der Waals surface area contributed by atoms with Gasteiger partial charge in [0.2, 0.25) is 5.91 Å². The number of hydrogen-bond donors (Lipinski definition) is 2. The van der Waals surface area contributed by atoms with Gasteiger partial charge in [-0.15, -0.1) is 0 Å². The first kappa shape index (κ1) is 12.8. The van der Waals surface area contributed by atoms with Crippen molar-refractivity contribution in [2.24, 2.45) is 0 Å². The van der Waals surface area contributed by atoms with Gasteiger partial charge in [0.15, 0.2) is 0 Å². The van der Waals surface area contributed by atoms with E-state index < -0.39 is 0 Å². The second-order valence-corrected chi connectivity index (χ2v) is 5.22. The van der Waals surface area contributed by atoms with Gasteiger partial charge in [-0.3, -0.25) is 4.79 Å².